The Morgan fingerprint density at radius 2 is 1.69 bits per heavy atom. The summed E-state index contributed by atoms with van der Waals surface area (Å²) in [6, 6.07) is 15.0. The molecule has 0 saturated carbocycles. The lowest BCUT2D eigenvalue weighted by molar-refractivity contribution is -0.255. The first-order chi connectivity index (χ1) is 13.9. The summed E-state index contributed by atoms with van der Waals surface area (Å²) in [5.74, 6) is -0.836. The van der Waals surface area contributed by atoms with Crippen molar-refractivity contribution in [1.29, 1.82) is 0 Å². The third-order valence-corrected chi connectivity index (χ3v) is 4.62. The molecule has 0 fully saturated rings. The summed E-state index contributed by atoms with van der Waals surface area (Å²) in [7, 11) is 0. The molecule has 0 atom stereocenters. The number of hydrogen-bond donors (Lipinski definition) is 0. The van der Waals surface area contributed by atoms with Crippen molar-refractivity contribution in [2.45, 2.75) is 6.42 Å². The van der Waals surface area contributed by atoms with Crippen molar-refractivity contribution in [3.63, 3.8) is 0 Å². The normalized spacial score (nSPS) is 13.7. The summed E-state index contributed by atoms with van der Waals surface area (Å²) in [6.07, 6.45) is 0.0474. The highest BCUT2D eigenvalue weighted by atomic mass is 35.5. The van der Waals surface area contributed by atoms with E-state index < -0.39 is 17.9 Å². The summed E-state index contributed by atoms with van der Waals surface area (Å²) in [4.78, 5) is 40.5. The van der Waals surface area contributed by atoms with Gasteiger partial charge in [0.15, 0.2) is 0 Å². The Morgan fingerprint density at radius 1 is 1.00 bits per heavy atom. The van der Waals surface area contributed by atoms with Gasteiger partial charge in [-0.05, 0) is 42.0 Å². The summed E-state index contributed by atoms with van der Waals surface area (Å²) in [5, 5.41) is 11.3. The van der Waals surface area contributed by atoms with Crippen LogP contribution in [0.15, 0.2) is 70.1 Å². The van der Waals surface area contributed by atoms with Crippen LogP contribution < -0.4 is 10.0 Å². The zero-order valence-electron chi connectivity index (χ0n) is 14.8. The van der Waals surface area contributed by atoms with Gasteiger partial charge in [-0.1, -0.05) is 35.9 Å². The van der Waals surface area contributed by atoms with Gasteiger partial charge < -0.3 is 14.3 Å². The van der Waals surface area contributed by atoms with Crippen LogP contribution in [0.25, 0.3) is 11.3 Å². The van der Waals surface area contributed by atoms with E-state index in [0.717, 1.165) is 4.90 Å². The molecule has 4 rings (SSSR count). The van der Waals surface area contributed by atoms with E-state index in [1.165, 1.54) is 12.1 Å². The Kier molecular flexibility index (Phi) is 4.74. The number of carboxylic acid groups (broad SMARTS) is 1. The van der Waals surface area contributed by atoms with Crippen LogP contribution >= 0.6 is 11.6 Å². The van der Waals surface area contributed by atoms with E-state index in [1.54, 1.807) is 48.5 Å². The molecule has 2 aromatic carbocycles. The van der Waals surface area contributed by atoms with Gasteiger partial charge in [0.25, 0.3) is 5.91 Å². The van der Waals surface area contributed by atoms with Crippen molar-refractivity contribution >= 4 is 40.9 Å². The van der Waals surface area contributed by atoms with Crippen LogP contribution in [-0.2, 0) is 11.2 Å². The number of imide groups is 1. The molecular formula is C21H12ClN2O5-. The fraction of sp³-hybridized carbons (Fsp3) is 0.0476. The molecule has 0 bridgehead atoms. The van der Waals surface area contributed by atoms with Crippen molar-refractivity contribution < 1.29 is 23.9 Å². The lowest BCUT2D eigenvalue weighted by Crippen LogP contribution is -2.33. The van der Waals surface area contributed by atoms with Gasteiger partial charge in [0, 0.05) is 10.6 Å². The van der Waals surface area contributed by atoms with Gasteiger partial charge in [-0.15, -0.1) is 0 Å². The van der Waals surface area contributed by atoms with Gasteiger partial charge in [0.1, 0.15) is 17.2 Å². The van der Waals surface area contributed by atoms with Crippen molar-refractivity contribution in [2.24, 2.45) is 4.99 Å². The average molecular weight is 408 g/mol. The van der Waals surface area contributed by atoms with Crippen molar-refractivity contribution in [1.82, 2.24) is 0 Å². The third-order valence-electron chi connectivity index (χ3n) is 4.37. The second-order valence-electron chi connectivity index (χ2n) is 6.27. The molecule has 3 aromatic rings. The van der Waals surface area contributed by atoms with Gasteiger partial charge in [-0.2, -0.15) is 4.99 Å². The number of nitrogens with zero attached hydrogens (tertiary/aromatic N) is 2. The van der Waals surface area contributed by atoms with Crippen molar-refractivity contribution in [2.75, 3.05) is 4.90 Å². The molecule has 1 aliphatic rings. The molecule has 7 nitrogen and oxygen atoms in total. The van der Waals surface area contributed by atoms with Gasteiger partial charge in [-0.25, -0.2) is 9.69 Å². The molecule has 0 N–H and O–H groups in total. The topological polar surface area (TPSA) is 103 Å². The number of hydrogen-bond acceptors (Lipinski definition) is 5. The Bertz CT molecular complexity index is 1150. The first kappa shape index (κ1) is 18.6. The summed E-state index contributed by atoms with van der Waals surface area (Å²) in [6.45, 7) is 0. The number of rotatable bonds is 5. The number of aromatic carboxylic acids is 1. The zero-order valence-corrected chi connectivity index (χ0v) is 15.6. The van der Waals surface area contributed by atoms with Crippen LogP contribution in [0.1, 0.15) is 16.1 Å². The maximum absolute atomic E-state index is 12.6. The molecule has 1 aliphatic heterocycles. The zero-order chi connectivity index (χ0) is 20.5. The summed E-state index contributed by atoms with van der Waals surface area (Å²) < 4.78 is 5.73. The van der Waals surface area contributed by atoms with E-state index in [1.807, 2.05) is 0 Å². The number of carbonyl (C=O) groups is 3. The van der Waals surface area contributed by atoms with Crippen molar-refractivity contribution in [3.05, 3.63) is 77.0 Å². The maximum Gasteiger partial charge on any atom is 0.355 e. The number of furan rings is 1. The molecule has 3 amide bonds. The highest BCUT2D eigenvalue weighted by Crippen LogP contribution is 2.26. The molecule has 0 saturated heterocycles. The lowest BCUT2D eigenvalue weighted by Gasteiger charge is -2.12. The number of anilines is 1. The Balaban J connectivity index is 1.51. The minimum atomic E-state index is -1.26. The van der Waals surface area contributed by atoms with E-state index in [2.05, 4.69) is 4.99 Å². The first-order valence-corrected chi connectivity index (χ1v) is 8.92. The quantitative estimate of drug-likeness (QED) is 0.646. The van der Waals surface area contributed by atoms with Gasteiger partial charge in [0.05, 0.1) is 18.1 Å². The van der Waals surface area contributed by atoms with Crippen LogP contribution in [0.3, 0.4) is 0 Å². The van der Waals surface area contributed by atoms with E-state index in [9.17, 15) is 19.5 Å². The number of urea groups is 1. The molecule has 144 valence electrons. The largest absolute Gasteiger partial charge is 0.545 e. The predicted molar refractivity (Wildman–Crippen MR) is 104 cm³/mol. The molecule has 0 spiro atoms. The highest BCUT2D eigenvalue weighted by molar-refractivity contribution is 6.53. The Morgan fingerprint density at radius 3 is 2.34 bits per heavy atom. The third kappa shape index (κ3) is 3.68. The minimum absolute atomic E-state index is 0.0474. The van der Waals surface area contributed by atoms with Crippen LogP contribution in [0.2, 0.25) is 5.02 Å². The van der Waals surface area contributed by atoms with E-state index in [4.69, 9.17) is 16.0 Å². The number of aliphatic imine (C=N–C) groups is 1. The van der Waals surface area contributed by atoms with Crippen LogP contribution in [0.4, 0.5) is 10.5 Å². The monoisotopic (exact) mass is 407 g/mol. The minimum Gasteiger partial charge on any atom is -0.545 e. The number of carboxylic acids is 1. The highest BCUT2D eigenvalue weighted by Gasteiger charge is 2.34. The van der Waals surface area contributed by atoms with Gasteiger partial charge in [0.2, 0.25) is 0 Å². The average Bonchev–Trinajstić information content (AvgIpc) is 3.28. The molecule has 29 heavy (non-hydrogen) atoms. The van der Waals surface area contributed by atoms with Crippen LogP contribution in [0.5, 0.6) is 0 Å². The fourth-order valence-corrected chi connectivity index (χ4v) is 3.05. The molecule has 0 unspecified atom stereocenters. The molecule has 2 heterocycles. The smallest absolute Gasteiger partial charge is 0.355 e. The molecule has 1 aromatic heterocycles. The Hall–Kier alpha value is -3.71. The second kappa shape index (κ2) is 7.37. The number of benzene rings is 2. The molecule has 8 heteroatoms. The van der Waals surface area contributed by atoms with E-state index >= 15 is 0 Å². The maximum atomic E-state index is 12.6. The predicted octanol–water partition coefficient (Wildman–Crippen LogP) is 3.11. The number of carbonyl (C=O) groups excluding carboxylic acids is 3. The molecular weight excluding hydrogens is 396 g/mol. The van der Waals surface area contributed by atoms with E-state index in [0.29, 0.717) is 27.8 Å². The number of amides is 3. The van der Waals surface area contributed by atoms with Gasteiger partial charge in [-0.3, -0.25) is 4.79 Å². The standard InChI is InChI=1S/C21H13ClN2O5/c22-14-5-7-15(8-6-14)24-19(25)17(23-21(24)28)11-16-9-10-18(29-16)12-1-3-13(4-2-12)20(26)27/h1-10H,11H2,(H,26,27)/p-1. The summed E-state index contributed by atoms with van der Waals surface area (Å²) >= 11 is 5.84. The molecule has 0 aliphatic carbocycles. The van der Waals surface area contributed by atoms with Crippen LogP contribution in [0, 0.1) is 0 Å². The lowest BCUT2D eigenvalue weighted by atomic mass is 10.1. The first-order valence-electron chi connectivity index (χ1n) is 8.54. The van der Waals surface area contributed by atoms with Crippen molar-refractivity contribution in [3.8, 4) is 11.3 Å². The van der Waals surface area contributed by atoms with Crippen LogP contribution in [-0.4, -0.2) is 23.6 Å². The van der Waals surface area contributed by atoms with E-state index in [-0.39, 0.29) is 17.7 Å². The fourth-order valence-electron chi connectivity index (χ4n) is 2.93. The second-order valence-corrected chi connectivity index (χ2v) is 6.70. The Labute approximate surface area is 169 Å². The summed E-state index contributed by atoms with van der Waals surface area (Å²) in [5.41, 5.74) is 1.18. The number of halogens is 1. The molecule has 0 radical (unpaired) electrons. The SMILES string of the molecule is O=C([O-])c1ccc(-c2ccc(CC3=NC(=O)N(c4ccc(Cl)cc4)C3=O)o2)cc1. The van der Waals surface area contributed by atoms with Gasteiger partial charge >= 0.3 is 6.03 Å².